The van der Waals surface area contributed by atoms with Gasteiger partial charge in [-0.15, -0.1) is 0 Å². The number of carbonyl (C=O) groups is 2. The predicted octanol–water partition coefficient (Wildman–Crippen LogP) is 2.56. The summed E-state index contributed by atoms with van der Waals surface area (Å²) >= 11 is 0. The van der Waals surface area contributed by atoms with Crippen LogP contribution in [0.1, 0.15) is 62.8 Å². The van der Waals surface area contributed by atoms with Gasteiger partial charge in [-0.2, -0.15) is 0 Å². The summed E-state index contributed by atoms with van der Waals surface area (Å²) in [5, 5.41) is 2.98. The third-order valence-electron chi connectivity index (χ3n) is 7.05. The highest BCUT2D eigenvalue weighted by Gasteiger charge is 2.35. The molecule has 0 radical (unpaired) electrons. The van der Waals surface area contributed by atoms with Crippen LogP contribution in [0.5, 0.6) is 0 Å². The molecule has 158 valence electrons. The van der Waals surface area contributed by atoms with Gasteiger partial charge in [-0.1, -0.05) is 19.3 Å². The zero-order chi connectivity index (χ0) is 20.1. The van der Waals surface area contributed by atoms with Crippen LogP contribution in [0, 0.1) is 5.92 Å². The highest BCUT2D eigenvalue weighted by molar-refractivity contribution is 5.88. The summed E-state index contributed by atoms with van der Waals surface area (Å²) in [5.74, 6) is 1.35. The van der Waals surface area contributed by atoms with Crippen molar-refractivity contribution in [2.75, 3.05) is 32.7 Å². The summed E-state index contributed by atoms with van der Waals surface area (Å²) in [4.78, 5) is 33.9. The van der Waals surface area contributed by atoms with Gasteiger partial charge in [0.1, 0.15) is 0 Å². The first-order valence-electron chi connectivity index (χ1n) is 11.4. The molecule has 1 aliphatic carbocycles. The Hall–Kier alpha value is -1.95. The molecule has 2 aliphatic heterocycles. The number of aromatic nitrogens is 1. The molecule has 2 saturated heterocycles. The van der Waals surface area contributed by atoms with E-state index in [0.717, 1.165) is 39.0 Å². The number of pyridine rings is 1. The molecule has 1 N–H and O–H groups in total. The van der Waals surface area contributed by atoms with E-state index in [9.17, 15) is 9.59 Å². The largest absolute Gasteiger partial charge is 0.353 e. The molecule has 1 unspecified atom stereocenters. The lowest BCUT2D eigenvalue weighted by atomic mass is 9.88. The normalized spacial score (nSPS) is 25.0. The van der Waals surface area contributed by atoms with E-state index < -0.39 is 0 Å². The number of rotatable bonds is 5. The van der Waals surface area contributed by atoms with Crippen LogP contribution >= 0.6 is 0 Å². The van der Waals surface area contributed by atoms with Crippen molar-refractivity contribution in [1.82, 2.24) is 20.1 Å². The van der Waals surface area contributed by atoms with Crippen molar-refractivity contribution in [2.24, 2.45) is 5.92 Å². The van der Waals surface area contributed by atoms with Crippen molar-refractivity contribution in [1.29, 1.82) is 0 Å². The molecule has 4 rings (SSSR count). The molecule has 0 aromatic carbocycles. The van der Waals surface area contributed by atoms with Gasteiger partial charge in [0.25, 0.3) is 0 Å². The van der Waals surface area contributed by atoms with Crippen molar-refractivity contribution < 1.29 is 9.59 Å². The molecule has 29 heavy (non-hydrogen) atoms. The maximum atomic E-state index is 13.0. The first-order valence-corrected chi connectivity index (χ1v) is 11.4. The number of amides is 2. The third-order valence-corrected chi connectivity index (χ3v) is 7.05. The van der Waals surface area contributed by atoms with Gasteiger partial charge in [0.15, 0.2) is 0 Å². The smallest absolute Gasteiger partial charge is 0.237 e. The Bertz CT molecular complexity index is 681. The van der Waals surface area contributed by atoms with Gasteiger partial charge in [0.2, 0.25) is 11.8 Å². The zero-order valence-electron chi connectivity index (χ0n) is 17.4. The lowest BCUT2D eigenvalue weighted by molar-refractivity contribution is -0.139. The summed E-state index contributed by atoms with van der Waals surface area (Å²) in [6.45, 7) is 4.10. The Kier molecular flexibility index (Phi) is 6.80. The van der Waals surface area contributed by atoms with Crippen LogP contribution in [-0.4, -0.2) is 65.4 Å². The van der Waals surface area contributed by atoms with Crippen LogP contribution in [0.2, 0.25) is 0 Å². The molecule has 1 saturated carbocycles. The zero-order valence-corrected chi connectivity index (χ0v) is 17.4. The number of carbonyl (C=O) groups excluding carboxylic acids is 2. The molecule has 1 aromatic rings. The standard InChI is InChI=1S/C23H34N4O2/c28-22(26-13-8-20(9-14-26)19-6-10-24-11-7-19)16-21-23(29)25-12-15-27(21)17-18-4-2-1-3-5-18/h6-7,10-11,18,20-21H,1-5,8-9,12-17H2,(H,25,29). The van der Waals surface area contributed by atoms with E-state index in [4.69, 9.17) is 0 Å². The van der Waals surface area contributed by atoms with Crippen LogP contribution in [0.15, 0.2) is 24.5 Å². The van der Waals surface area contributed by atoms with Crippen LogP contribution in [-0.2, 0) is 9.59 Å². The van der Waals surface area contributed by atoms with E-state index in [1.807, 2.05) is 17.3 Å². The highest BCUT2D eigenvalue weighted by atomic mass is 16.2. The number of piperazine rings is 1. The fourth-order valence-electron chi connectivity index (χ4n) is 5.30. The fraction of sp³-hybridized carbons (Fsp3) is 0.696. The minimum absolute atomic E-state index is 0.0343. The highest BCUT2D eigenvalue weighted by Crippen LogP contribution is 2.29. The van der Waals surface area contributed by atoms with E-state index in [-0.39, 0.29) is 17.9 Å². The minimum Gasteiger partial charge on any atom is -0.353 e. The van der Waals surface area contributed by atoms with E-state index in [1.165, 1.54) is 37.7 Å². The van der Waals surface area contributed by atoms with Crippen molar-refractivity contribution >= 4 is 11.8 Å². The summed E-state index contributed by atoms with van der Waals surface area (Å²) in [6.07, 6.45) is 12.5. The van der Waals surface area contributed by atoms with Crippen LogP contribution in [0.25, 0.3) is 0 Å². The van der Waals surface area contributed by atoms with E-state index in [2.05, 4.69) is 27.3 Å². The maximum absolute atomic E-state index is 13.0. The predicted molar refractivity (Wildman–Crippen MR) is 112 cm³/mol. The summed E-state index contributed by atoms with van der Waals surface area (Å²) in [5.41, 5.74) is 1.32. The van der Waals surface area contributed by atoms with Gasteiger partial charge in [0.05, 0.1) is 12.5 Å². The average Bonchev–Trinajstić information content (AvgIpc) is 2.77. The molecule has 6 nitrogen and oxygen atoms in total. The van der Waals surface area contributed by atoms with E-state index >= 15 is 0 Å². The number of piperidine rings is 1. The first-order chi connectivity index (χ1) is 14.2. The van der Waals surface area contributed by atoms with E-state index in [1.54, 1.807) is 0 Å². The lowest BCUT2D eigenvalue weighted by Gasteiger charge is -2.39. The van der Waals surface area contributed by atoms with Crippen LogP contribution < -0.4 is 5.32 Å². The van der Waals surface area contributed by atoms with Crippen molar-refractivity contribution in [3.05, 3.63) is 30.1 Å². The number of nitrogens with zero attached hydrogens (tertiary/aromatic N) is 3. The van der Waals surface area contributed by atoms with Crippen molar-refractivity contribution in [2.45, 2.75) is 63.3 Å². The minimum atomic E-state index is -0.295. The molecule has 6 heteroatoms. The number of likely N-dealkylation sites (tertiary alicyclic amines) is 1. The SMILES string of the molecule is O=C1NCCN(CC2CCCCC2)C1CC(=O)N1CCC(c2ccncc2)CC1. The van der Waals surface area contributed by atoms with Crippen molar-refractivity contribution in [3.8, 4) is 0 Å². The van der Waals surface area contributed by atoms with Crippen LogP contribution in [0.3, 0.4) is 0 Å². The molecule has 1 aromatic heterocycles. The molecule has 3 aliphatic rings. The lowest BCUT2D eigenvalue weighted by Crippen LogP contribution is -2.57. The van der Waals surface area contributed by atoms with Gasteiger partial charge in [-0.3, -0.25) is 19.5 Å². The summed E-state index contributed by atoms with van der Waals surface area (Å²) in [6, 6.07) is 3.87. The number of hydrogen-bond donors (Lipinski definition) is 1. The Labute approximate surface area is 174 Å². The van der Waals surface area contributed by atoms with Gasteiger partial charge in [-0.25, -0.2) is 0 Å². The molecular formula is C23H34N4O2. The molecule has 0 spiro atoms. The monoisotopic (exact) mass is 398 g/mol. The summed E-state index contributed by atoms with van der Waals surface area (Å²) < 4.78 is 0. The number of nitrogens with one attached hydrogen (secondary N) is 1. The van der Waals surface area contributed by atoms with Gasteiger partial charge >= 0.3 is 0 Å². The molecule has 1 atom stereocenters. The molecule has 3 heterocycles. The molecule has 3 fully saturated rings. The van der Waals surface area contributed by atoms with Gasteiger partial charge < -0.3 is 10.2 Å². The third kappa shape index (κ3) is 5.16. The Balaban J connectivity index is 1.31. The molecular weight excluding hydrogens is 364 g/mol. The van der Waals surface area contributed by atoms with Gasteiger partial charge in [0, 0.05) is 45.1 Å². The van der Waals surface area contributed by atoms with Crippen molar-refractivity contribution in [3.63, 3.8) is 0 Å². The van der Waals surface area contributed by atoms with Crippen LogP contribution in [0.4, 0.5) is 0 Å². The van der Waals surface area contributed by atoms with E-state index in [0.29, 0.717) is 24.8 Å². The average molecular weight is 399 g/mol. The quantitative estimate of drug-likeness (QED) is 0.828. The maximum Gasteiger partial charge on any atom is 0.237 e. The number of hydrogen-bond acceptors (Lipinski definition) is 4. The first kappa shape index (κ1) is 20.3. The fourth-order valence-corrected chi connectivity index (χ4v) is 5.30. The van der Waals surface area contributed by atoms with Gasteiger partial charge in [-0.05, 0) is 55.2 Å². The Morgan fingerprint density at radius 2 is 1.76 bits per heavy atom. The summed E-state index contributed by atoms with van der Waals surface area (Å²) in [7, 11) is 0. The topological polar surface area (TPSA) is 65.5 Å². The second-order valence-corrected chi connectivity index (χ2v) is 8.95. The molecule has 0 bridgehead atoms. The second kappa shape index (κ2) is 9.70. The Morgan fingerprint density at radius 3 is 2.48 bits per heavy atom. The Morgan fingerprint density at radius 1 is 1.03 bits per heavy atom. The second-order valence-electron chi connectivity index (χ2n) is 8.95. The molecule has 2 amide bonds.